The van der Waals surface area contributed by atoms with Gasteiger partial charge in [0.2, 0.25) is 0 Å². The van der Waals surface area contributed by atoms with Gasteiger partial charge in [-0.2, -0.15) is 0 Å². The molecule has 0 saturated carbocycles. The lowest BCUT2D eigenvalue weighted by atomic mass is 10.1. The quantitative estimate of drug-likeness (QED) is 0.309. The molecule has 2 aromatic rings. The third kappa shape index (κ3) is 10.3. The van der Waals surface area contributed by atoms with Crippen LogP contribution in [0.4, 0.5) is 0 Å². The summed E-state index contributed by atoms with van der Waals surface area (Å²) < 4.78 is 11.7. The molecule has 0 heterocycles. The molecule has 2 unspecified atom stereocenters. The molecule has 0 aliphatic rings. The second-order valence-electron chi connectivity index (χ2n) is 9.76. The third-order valence-electron chi connectivity index (χ3n) is 6.24. The molecule has 2 amide bonds. The van der Waals surface area contributed by atoms with E-state index in [1.165, 1.54) is 0 Å². The third-order valence-corrected chi connectivity index (χ3v) is 6.24. The zero-order valence-corrected chi connectivity index (χ0v) is 22.9. The van der Waals surface area contributed by atoms with E-state index in [2.05, 4.69) is 10.6 Å². The summed E-state index contributed by atoms with van der Waals surface area (Å²) in [5.74, 6) is 1.36. The van der Waals surface area contributed by atoms with E-state index in [4.69, 9.17) is 9.47 Å². The van der Waals surface area contributed by atoms with Gasteiger partial charge in [0.15, 0.2) is 12.2 Å². The molecule has 2 rings (SSSR count). The van der Waals surface area contributed by atoms with E-state index in [9.17, 15) is 9.59 Å². The molecule has 0 radical (unpaired) electrons. The standard InChI is InChI=1S/C30H44N2O4/c1-21-13-15-23(3)27(19-21)35-25(5)29(33)31-17-11-9-7-8-10-12-18-32-30(34)26(6)36-28-20-22(2)14-16-24(28)4/h13-16,19-20,25-26H,7-12,17-18H2,1-6H3,(H,31,33)(H,32,34). The molecule has 198 valence electrons. The Morgan fingerprint density at radius 1 is 0.639 bits per heavy atom. The Balaban J connectivity index is 1.49. The number of nitrogens with one attached hydrogen (secondary N) is 2. The lowest BCUT2D eigenvalue weighted by Gasteiger charge is -2.17. The number of rotatable bonds is 15. The zero-order chi connectivity index (χ0) is 26.5. The SMILES string of the molecule is Cc1ccc(C)c(OC(C)C(=O)NCCCCCCCCNC(=O)C(C)Oc2cc(C)ccc2C)c1. The molecule has 36 heavy (non-hydrogen) atoms. The van der Waals surface area contributed by atoms with Gasteiger partial charge in [-0.25, -0.2) is 0 Å². The van der Waals surface area contributed by atoms with Crippen LogP contribution in [0.15, 0.2) is 36.4 Å². The summed E-state index contributed by atoms with van der Waals surface area (Å²) in [7, 11) is 0. The monoisotopic (exact) mass is 496 g/mol. The van der Waals surface area contributed by atoms with E-state index >= 15 is 0 Å². The second-order valence-corrected chi connectivity index (χ2v) is 9.76. The van der Waals surface area contributed by atoms with Crippen molar-refractivity contribution in [1.29, 1.82) is 0 Å². The predicted octanol–water partition coefficient (Wildman–Crippen LogP) is 5.73. The summed E-state index contributed by atoms with van der Waals surface area (Å²) in [4.78, 5) is 24.6. The van der Waals surface area contributed by atoms with Crippen molar-refractivity contribution in [2.45, 2.75) is 92.3 Å². The van der Waals surface area contributed by atoms with Gasteiger partial charge in [-0.15, -0.1) is 0 Å². The van der Waals surface area contributed by atoms with Crippen molar-refractivity contribution >= 4 is 11.8 Å². The highest BCUT2D eigenvalue weighted by molar-refractivity contribution is 5.81. The first kappa shape index (κ1) is 29.2. The zero-order valence-electron chi connectivity index (χ0n) is 22.9. The normalized spacial score (nSPS) is 12.5. The van der Waals surface area contributed by atoms with Crippen LogP contribution in [0.3, 0.4) is 0 Å². The first-order valence-corrected chi connectivity index (χ1v) is 13.2. The summed E-state index contributed by atoms with van der Waals surface area (Å²) in [6.45, 7) is 12.9. The highest BCUT2D eigenvalue weighted by Crippen LogP contribution is 2.21. The van der Waals surface area contributed by atoms with Crippen LogP contribution in [0.1, 0.15) is 74.6 Å². The number of aryl methyl sites for hydroxylation is 4. The van der Waals surface area contributed by atoms with Crippen molar-refractivity contribution in [3.05, 3.63) is 58.7 Å². The van der Waals surface area contributed by atoms with Crippen molar-refractivity contribution < 1.29 is 19.1 Å². The smallest absolute Gasteiger partial charge is 0.260 e. The summed E-state index contributed by atoms with van der Waals surface area (Å²) in [6, 6.07) is 12.0. The van der Waals surface area contributed by atoms with Gasteiger partial charge in [-0.3, -0.25) is 9.59 Å². The fourth-order valence-corrected chi connectivity index (χ4v) is 3.82. The number of carbonyl (C=O) groups is 2. The Kier molecular flexibility index (Phi) is 12.3. The molecule has 0 saturated heterocycles. The first-order valence-electron chi connectivity index (χ1n) is 13.2. The Morgan fingerprint density at radius 3 is 1.39 bits per heavy atom. The Morgan fingerprint density at radius 2 is 1.00 bits per heavy atom. The van der Waals surface area contributed by atoms with Gasteiger partial charge in [0.1, 0.15) is 11.5 Å². The number of unbranched alkanes of at least 4 members (excludes halogenated alkanes) is 5. The molecule has 0 bridgehead atoms. The topological polar surface area (TPSA) is 76.7 Å². The average molecular weight is 497 g/mol. The van der Waals surface area contributed by atoms with E-state index in [1.807, 2.05) is 64.1 Å². The molecule has 2 aromatic carbocycles. The molecule has 6 nitrogen and oxygen atoms in total. The van der Waals surface area contributed by atoms with Crippen LogP contribution in [0.25, 0.3) is 0 Å². The molecule has 0 spiro atoms. The van der Waals surface area contributed by atoms with Gasteiger partial charge in [0.25, 0.3) is 11.8 Å². The van der Waals surface area contributed by atoms with Crippen LogP contribution in [0, 0.1) is 27.7 Å². The lowest BCUT2D eigenvalue weighted by molar-refractivity contribution is -0.127. The molecule has 6 heteroatoms. The van der Waals surface area contributed by atoms with Crippen LogP contribution < -0.4 is 20.1 Å². The number of amides is 2. The summed E-state index contributed by atoms with van der Waals surface area (Å²) in [5, 5.41) is 5.94. The molecule has 2 atom stereocenters. The predicted molar refractivity (Wildman–Crippen MR) is 146 cm³/mol. The number of carbonyl (C=O) groups excluding carboxylic acids is 2. The van der Waals surface area contributed by atoms with Crippen LogP contribution in [-0.2, 0) is 9.59 Å². The van der Waals surface area contributed by atoms with Crippen LogP contribution in [0.5, 0.6) is 11.5 Å². The Bertz CT molecular complexity index is 909. The maximum atomic E-state index is 12.3. The van der Waals surface area contributed by atoms with E-state index in [0.717, 1.165) is 72.3 Å². The minimum absolute atomic E-state index is 0.0811. The number of ether oxygens (including phenoxy) is 2. The minimum atomic E-state index is -0.519. The highest BCUT2D eigenvalue weighted by Gasteiger charge is 2.16. The Labute approximate surface area is 217 Å². The van der Waals surface area contributed by atoms with Gasteiger partial charge < -0.3 is 20.1 Å². The van der Waals surface area contributed by atoms with Crippen molar-refractivity contribution in [1.82, 2.24) is 10.6 Å². The molecule has 0 aliphatic carbocycles. The molecular formula is C30H44N2O4. The maximum Gasteiger partial charge on any atom is 0.260 e. The van der Waals surface area contributed by atoms with Crippen molar-refractivity contribution in [3.8, 4) is 11.5 Å². The molecule has 0 aromatic heterocycles. The molecule has 2 N–H and O–H groups in total. The number of hydrogen-bond acceptors (Lipinski definition) is 4. The van der Waals surface area contributed by atoms with Gasteiger partial charge >= 0.3 is 0 Å². The Hall–Kier alpha value is -3.02. The largest absolute Gasteiger partial charge is 0.481 e. The summed E-state index contributed by atoms with van der Waals surface area (Å²) in [6.07, 6.45) is 5.23. The van der Waals surface area contributed by atoms with Gasteiger partial charge in [-0.05, 0) is 88.8 Å². The van der Waals surface area contributed by atoms with Gasteiger partial charge in [0, 0.05) is 13.1 Å². The van der Waals surface area contributed by atoms with Crippen LogP contribution >= 0.6 is 0 Å². The minimum Gasteiger partial charge on any atom is -0.481 e. The van der Waals surface area contributed by atoms with Crippen LogP contribution in [-0.4, -0.2) is 37.1 Å². The van der Waals surface area contributed by atoms with E-state index in [-0.39, 0.29) is 11.8 Å². The van der Waals surface area contributed by atoms with Crippen molar-refractivity contribution in [2.24, 2.45) is 0 Å². The van der Waals surface area contributed by atoms with Crippen molar-refractivity contribution in [2.75, 3.05) is 13.1 Å². The molecular weight excluding hydrogens is 452 g/mol. The van der Waals surface area contributed by atoms with E-state index in [0.29, 0.717) is 13.1 Å². The summed E-state index contributed by atoms with van der Waals surface area (Å²) in [5.41, 5.74) is 4.28. The van der Waals surface area contributed by atoms with E-state index < -0.39 is 12.2 Å². The van der Waals surface area contributed by atoms with E-state index in [1.54, 1.807) is 13.8 Å². The second kappa shape index (κ2) is 15.2. The van der Waals surface area contributed by atoms with Gasteiger partial charge in [-0.1, -0.05) is 49.9 Å². The average Bonchev–Trinajstić information content (AvgIpc) is 2.84. The van der Waals surface area contributed by atoms with Crippen LogP contribution in [0.2, 0.25) is 0 Å². The maximum absolute atomic E-state index is 12.3. The molecule has 0 aliphatic heterocycles. The fourth-order valence-electron chi connectivity index (χ4n) is 3.82. The first-order chi connectivity index (χ1) is 17.2. The highest BCUT2D eigenvalue weighted by atomic mass is 16.5. The fraction of sp³-hybridized carbons (Fsp3) is 0.533. The number of benzene rings is 2. The summed E-state index contributed by atoms with van der Waals surface area (Å²) >= 11 is 0. The van der Waals surface area contributed by atoms with Crippen molar-refractivity contribution in [3.63, 3.8) is 0 Å². The van der Waals surface area contributed by atoms with Gasteiger partial charge in [0.05, 0.1) is 0 Å². The number of hydrogen-bond donors (Lipinski definition) is 2. The lowest BCUT2D eigenvalue weighted by Crippen LogP contribution is -2.37. The molecule has 0 fully saturated rings.